The van der Waals surface area contributed by atoms with Crippen molar-refractivity contribution in [3.63, 3.8) is 0 Å². The van der Waals surface area contributed by atoms with Gasteiger partial charge in [0.05, 0.1) is 12.9 Å². The number of ether oxygens (including phenoxy) is 1. The van der Waals surface area contributed by atoms with Crippen LogP contribution in [0.15, 0.2) is 29.4 Å². The number of esters is 1. The molecule has 0 aliphatic heterocycles. The summed E-state index contributed by atoms with van der Waals surface area (Å²) in [6.45, 7) is 9.04. The minimum absolute atomic E-state index is 0.232. The van der Waals surface area contributed by atoms with Crippen molar-refractivity contribution in [3.8, 4) is 11.4 Å². The molecular formula is C17H24N4O2S. The zero-order valence-corrected chi connectivity index (χ0v) is 15.5. The van der Waals surface area contributed by atoms with Crippen molar-refractivity contribution < 1.29 is 9.53 Å². The van der Waals surface area contributed by atoms with E-state index in [1.807, 2.05) is 11.5 Å². The third-order valence-corrected chi connectivity index (χ3v) is 4.77. The van der Waals surface area contributed by atoms with Gasteiger partial charge in [0, 0.05) is 30.9 Å². The normalized spacial score (nSPS) is 10.7. The van der Waals surface area contributed by atoms with Crippen LogP contribution in [0.2, 0.25) is 0 Å². The highest BCUT2D eigenvalue weighted by atomic mass is 32.2. The van der Waals surface area contributed by atoms with E-state index in [1.165, 1.54) is 24.6 Å². The molecule has 0 N–H and O–H groups in total. The predicted molar refractivity (Wildman–Crippen MR) is 97.4 cm³/mol. The van der Waals surface area contributed by atoms with Crippen LogP contribution < -0.4 is 4.90 Å². The average molecular weight is 348 g/mol. The second-order valence-corrected chi connectivity index (χ2v) is 6.08. The zero-order valence-electron chi connectivity index (χ0n) is 14.7. The molecule has 0 spiro atoms. The van der Waals surface area contributed by atoms with Crippen LogP contribution in [0.5, 0.6) is 0 Å². The minimum Gasteiger partial charge on any atom is -0.468 e. The van der Waals surface area contributed by atoms with Gasteiger partial charge < -0.3 is 14.2 Å². The Balaban J connectivity index is 2.22. The smallest absolute Gasteiger partial charge is 0.316 e. The number of rotatable bonds is 8. The number of hydrogen-bond acceptors (Lipinski definition) is 6. The SMILES string of the molecule is CCN(CC)c1ccc(-c2nnc(SCC(=O)OC)n2CC)cc1. The predicted octanol–water partition coefficient (Wildman–Crippen LogP) is 3.08. The number of thioether (sulfide) groups is 1. The summed E-state index contributed by atoms with van der Waals surface area (Å²) in [5.74, 6) is 0.780. The lowest BCUT2D eigenvalue weighted by molar-refractivity contribution is -0.137. The monoisotopic (exact) mass is 348 g/mol. The van der Waals surface area contributed by atoms with Crippen molar-refractivity contribution >= 4 is 23.4 Å². The van der Waals surface area contributed by atoms with Gasteiger partial charge in [0.2, 0.25) is 0 Å². The molecule has 0 bridgehead atoms. The molecule has 0 amide bonds. The van der Waals surface area contributed by atoms with Crippen LogP contribution >= 0.6 is 11.8 Å². The van der Waals surface area contributed by atoms with E-state index in [-0.39, 0.29) is 11.7 Å². The lowest BCUT2D eigenvalue weighted by atomic mass is 10.2. The van der Waals surface area contributed by atoms with Crippen LogP contribution in [0, 0.1) is 0 Å². The topological polar surface area (TPSA) is 60.3 Å². The van der Waals surface area contributed by atoms with Gasteiger partial charge in [-0.2, -0.15) is 0 Å². The molecule has 0 unspecified atom stereocenters. The van der Waals surface area contributed by atoms with E-state index in [2.05, 4.69) is 57.9 Å². The molecule has 0 aliphatic rings. The Morgan fingerprint density at radius 3 is 2.38 bits per heavy atom. The Morgan fingerprint density at radius 1 is 1.17 bits per heavy atom. The number of carbonyl (C=O) groups excluding carboxylic acids is 1. The van der Waals surface area contributed by atoms with Gasteiger partial charge in [-0.1, -0.05) is 11.8 Å². The lowest BCUT2D eigenvalue weighted by Crippen LogP contribution is -2.21. The van der Waals surface area contributed by atoms with E-state index < -0.39 is 0 Å². The molecule has 1 aromatic heterocycles. The number of nitrogens with zero attached hydrogens (tertiary/aromatic N) is 4. The Morgan fingerprint density at radius 2 is 1.83 bits per heavy atom. The molecule has 130 valence electrons. The van der Waals surface area contributed by atoms with E-state index in [9.17, 15) is 4.79 Å². The molecular weight excluding hydrogens is 324 g/mol. The molecule has 24 heavy (non-hydrogen) atoms. The summed E-state index contributed by atoms with van der Waals surface area (Å²) in [5.41, 5.74) is 2.22. The molecule has 1 aromatic carbocycles. The molecule has 0 fully saturated rings. The summed E-state index contributed by atoms with van der Waals surface area (Å²) < 4.78 is 6.69. The summed E-state index contributed by atoms with van der Waals surface area (Å²) >= 11 is 1.34. The first-order valence-electron chi connectivity index (χ1n) is 8.12. The molecule has 2 aromatic rings. The summed E-state index contributed by atoms with van der Waals surface area (Å²) in [5, 5.41) is 9.25. The Labute approximate surface area is 147 Å². The molecule has 0 saturated carbocycles. The third-order valence-electron chi connectivity index (χ3n) is 3.83. The van der Waals surface area contributed by atoms with Gasteiger partial charge in [-0.3, -0.25) is 4.79 Å². The standard InChI is InChI=1S/C17H24N4O2S/c1-5-20(6-2)14-10-8-13(9-11-14)16-18-19-17(21(16)7-3)24-12-15(22)23-4/h8-11H,5-7,12H2,1-4H3. The van der Waals surface area contributed by atoms with Crippen molar-refractivity contribution in [1.82, 2.24) is 14.8 Å². The molecule has 0 aliphatic carbocycles. The zero-order chi connectivity index (χ0) is 17.5. The van der Waals surface area contributed by atoms with E-state index >= 15 is 0 Å². The van der Waals surface area contributed by atoms with Crippen LogP contribution in [-0.2, 0) is 16.1 Å². The Bertz CT molecular complexity index is 666. The van der Waals surface area contributed by atoms with Gasteiger partial charge in [0.15, 0.2) is 11.0 Å². The minimum atomic E-state index is -0.268. The number of benzene rings is 1. The van der Waals surface area contributed by atoms with Crippen LogP contribution in [0.1, 0.15) is 20.8 Å². The second kappa shape index (κ2) is 8.73. The Kier molecular flexibility index (Phi) is 6.66. The second-order valence-electron chi connectivity index (χ2n) is 5.13. The number of aromatic nitrogens is 3. The molecule has 1 heterocycles. The highest BCUT2D eigenvalue weighted by Gasteiger charge is 2.15. The van der Waals surface area contributed by atoms with E-state index in [0.29, 0.717) is 0 Å². The van der Waals surface area contributed by atoms with Crippen molar-refractivity contribution in [2.45, 2.75) is 32.5 Å². The van der Waals surface area contributed by atoms with Crippen LogP contribution in [0.3, 0.4) is 0 Å². The van der Waals surface area contributed by atoms with E-state index in [1.54, 1.807) is 0 Å². The maximum absolute atomic E-state index is 11.3. The third kappa shape index (κ3) is 4.08. The fourth-order valence-electron chi connectivity index (χ4n) is 2.49. The highest BCUT2D eigenvalue weighted by molar-refractivity contribution is 7.99. The first kappa shape index (κ1) is 18.3. The van der Waals surface area contributed by atoms with Crippen LogP contribution in [-0.4, -0.2) is 46.7 Å². The number of anilines is 1. The molecule has 0 atom stereocenters. The first-order valence-corrected chi connectivity index (χ1v) is 9.11. The number of hydrogen-bond donors (Lipinski definition) is 0. The molecule has 7 heteroatoms. The van der Waals surface area contributed by atoms with Crippen molar-refractivity contribution in [1.29, 1.82) is 0 Å². The van der Waals surface area contributed by atoms with Gasteiger partial charge >= 0.3 is 5.97 Å². The average Bonchev–Trinajstić information content (AvgIpc) is 3.04. The maximum atomic E-state index is 11.3. The molecule has 0 radical (unpaired) electrons. The van der Waals surface area contributed by atoms with Crippen LogP contribution in [0.4, 0.5) is 5.69 Å². The molecule has 0 saturated heterocycles. The largest absolute Gasteiger partial charge is 0.468 e. The van der Waals surface area contributed by atoms with Gasteiger partial charge in [-0.05, 0) is 45.0 Å². The van der Waals surface area contributed by atoms with Gasteiger partial charge in [-0.25, -0.2) is 0 Å². The fraction of sp³-hybridized carbons (Fsp3) is 0.471. The quantitative estimate of drug-likeness (QED) is 0.540. The summed E-state index contributed by atoms with van der Waals surface area (Å²) in [4.78, 5) is 13.6. The molecule has 6 nitrogen and oxygen atoms in total. The fourth-order valence-corrected chi connectivity index (χ4v) is 3.32. The summed E-state index contributed by atoms with van der Waals surface area (Å²) in [6.07, 6.45) is 0. The summed E-state index contributed by atoms with van der Waals surface area (Å²) in [7, 11) is 1.39. The van der Waals surface area contributed by atoms with Crippen molar-refractivity contribution in [2.24, 2.45) is 0 Å². The summed E-state index contributed by atoms with van der Waals surface area (Å²) in [6, 6.07) is 8.35. The van der Waals surface area contributed by atoms with Crippen molar-refractivity contribution in [2.75, 3.05) is 30.9 Å². The Hall–Kier alpha value is -2.02. The van der Waals surface area contributed by atoms with Crippen LogP contribution in [0.25, 0.3) is 11.4 Å². The van der Waals surface area contributed by atoms with Gasteiger partial charge in [0.1, 0.15) is 0 Å². The first-order chi connectivity index (χ1) is 11.6. The van der Waals surface area contributed by atoms with Crippen molar-refractivity contribution in [3.05, 3.63) is 24.3 Å². The number of methoxy groups -OCH3 is 1. The lowest BCUT2D eigenvalue weighted by Gasteiger charge is -2.21. The van der Waals surface area contributed by atoms with Gasteiger partial charge in [0.25, 0.3) is 0 Å². The molecule has 2 rings (SSSR count). The number of carbonyl (C=O) groups is 1. The maximum Gasteiger partial charge on any atom is 0.316 e. The van der Waals surface area contributed by atoms with E-state index in [4.69, 9.17) is 0 Å². The highest BCUT2D eigenvalue weighted by Crippen LogP contribution is 2.26. The van der Waals surface area contributed by atoms with Gasteiger partial charge in [-0.15, -0.1) is 10.2 Å². The van der Waals surface area contributed by atoms with E-state index in [0.717, 1.165) is 36.2 Å².